The quantitative estimate of drug-likeness (QED) is 0.757. The second-order valence-electron chi connectivity index (χ2n) is 6.40. The van der Waals surface area contributed by atoms with Gasteiger partial charge >= 0.3 is 0 Å². The van der Waals surface area contributed by atoms with Gasteiger partial charge in [0.1, 0.15) is 5.82 Å². The molecule has 0 unspecified atom stereocenters. The summed E-state index contributed by atoms with van der Waals surface area (Å²) in [7, 11) is 0. The lowest BCUT2D eigenvalue weighted by atomic mass is 9.87. The third kappa shape index (κ3) is 3.36. The molecule has 3 rings (SSSR count). The van der Waals surface area contributed by atoms with Crippen LogP contribution in [-0.2, 0) is 4.79 Å². The van der Waals surface area contributed by atoms with Crippen molar-refractivity contribution in [3.8, 4) is 17.2 Å². The maximum absolute atomic E-state index is 13.9. The molecule has 1 amide bonds. The summed E-state index contributed by atoms with van der Waals surface area (Å²) in [5.74, 6) is -0.566. The van der Waals surface area contributed by atoms with E-state index in [2.05, 4.69) is 11.4 Å². The number of rotatable bonds is 2. The van der Waals surface area contributed by atoms with Crippen molar-refractivity contribution in [1.29, 1.82) is 5.26 Å². The first-order valence-electron chi connectivity index (χ1n) is 8.41. The lowest BCUT2D eigenvalue weighted by Gasteiger charge is -2.20. The number of carbonyl (C=O) groups is 1. The SMILES string of the molecule is C/C(=C1/CCCNC1=O)c1cc(C#N)cc(-c2ccc(Cl)c(F)c2)c1C. The first-order chi connectivity index (χ1) is 12.4. The van der Waals surface area contributed by atoms with Gasteiger partial charge in [-0.15, -0.1) is 0 Å². The molecule has 1 N–H and O–H groups in total. The van der Waals surface area contributed by atoms with Gasteiger partial charge < -0.3 is 5.32 Å². The van der Waals surface area contributed by atoms with Crippen molar-refractivity contribution in [2.24, 2.45) is 0 Å². The van der Waals surface area contributed by atoms with Crippen molar-refractivity contribution in [2.45, 2.75) is 26.7 Å². The molecule has 5 heteroatoms. The van der Waals surface area contributed by atoms with Gasteiger partial charge in [0, 0.05) is 12.1 Å². The molecule has 0 atom stereocenters. The van der Waals surface area contributed by atoms with Gasteiger partial charge in [0.2, 0.25) is 5.91 Å². The summed E-state index contributed by atoms with van der Waals surface area (Å²) in [6.07, 6.45) is 1.60. The molecule has 2 aromatic rings. The lowest BCUT2D eigenvalue weighted by Crippen LogP contribution is -2.31. The summed E-state index contributed by atoms with van der Waals surface area (Å²) < 4.78 is 13.9. The van der Waals surface area contributed by atoms with Crippen LogP contribution in [0.15, 0.2) is 35.9 Å². The van der Waals surface area contributed by atoms with Crippen molar-refractivity contribution in [3.05, 3.63) is 63.4 Å². The summed E-state index contributed by atoms with van der Waals surface area (Å²) in [4.78, 5) is 12.2. The zero-order chi connectivity index (χ0) is 18.8. The molecule has 3 nitrogen and oxygen atoms in total. The average molecular weight is 369 g/mol. The van der Waals surface area contributed by atoms with Gasteiger partial charge in [-0.25, -0.2) is 4.39 Å². The fraction of sp³-hybridized carbons (Fsp3) is 0.238. The van der Waals surface area contributed by atoms with Crippen molar-refractivity contribution in [2.75, 3.05) is 6.54 Å². The predicted molar refractivity (Wildman–Crippen MR) is 101 cm³/mol. The first-order valence-corrected chi connectivity index (χ1v) is 8.78. The highest BCUT2D eigenvalue weighted by Gasteiger charge is 2.20. The standard InChI is InChI=1S/C21H18ClFN2O/c1-12(16-4-3-7-25-21(16)26)17-8-14(11-24)9-18(13(17)2)15-5-6-19(22)20(23)10-15/h5-6,8-10H,3-4,7H2,1-2H3,(H,25,26)/b16-12+. The Bertz CT molecular complexity index is 973. The third-order valence-electron chi connectivity index (χ3n) is 4.79. The topological polar surface area (TPSA) is 52.9 Å². The Balaban J connectivity index is 2.21. The molecule has 0 aliphatic carbocycles. The molecule has 0 saturated carbocycles. The normalized spacial score (nSPS) is 16.0. The van der Waals surface area contributed by atoms with Crippen LogP contribution in [0.5, 0.6) is 0 Å². The molecule has 132 valence electrons. The summed E-state index contributed by atoms with van der Waals surface area (Å²) in [6, 6.07) is 10.3. The molecular formula is C21H18ClFN2O. The third-order valence-corrected chi connectivity index (χ3v) is 5.09. The van der Waals surface area contributed by atoms with Gasteiger partial charge in [-0.2, -0.15) is 5.26 Å². The second kappa shape index (κ2) is 7.31. The Morgan fingerprint density at radius 1 is 1.31 bits per heavy atom. The summed E-state index contributed by atoms with van der Waals surface area (Å²) in [5.41, 5.74) is 5.19. The Labute approximate surface area is 157 Å². The zero-order valence-corrected chi connectivity index (χ0v) is 15.4. The van der Waals surface area contributed by atoms with Gasteiger partial charge in [0.05, 0.1) is 16.7 Å². The van der Waals surface area contributed by atoms with E-state index in [1.807, 2.05) is 13.8 Å². The van der Waals surface area contributed by atoms with E-state index in [4.69, 9.17) is 11.6 Å². The van der Waals surface area contributed by atoms with E-state index in [1.165, 1.54) is 12.1 Å². The maximum atomic E-state index is 13.9. The van der Waals surface area contributed by atoms with Crippen LogP contribution in [0.3, 0.4) is 0 Å². The number of hydrogen-bond donors (Lipinski definition) is 1. The molecule has 1 fully saturated rings. The van der Waals surface area contributed by atoms with Gasteiger partial charge in [-0.05, 0) is 78.8 Å². The fourth-order valence-electron chi connectivity index (χ4n) is 3.34. The lowest BCUT2D eigenvalue weighted by molar-refractivity contribution is -0.118. The first kappa shape index (κ1) is 18.2. The number of nitrogens with one attached hydrogen (secondary N) is 1. The molecule has 1 heterocycles. The van der Waals surface area contributed by atoms with E-state index in [-0.39, 0.29) is 10.9 Å². The summed E-state index contributed by atoms with van der Waals surface area (Å²) in [5, 5.41) is 12.3. The molecule has 0 bridgehead atoms. The van der Waals surface area contributed by atoms with E-state index >= 15 is 0 Å². The molecule has 0 aromatic heterocycles. The number of hydrogen-bond acceptors (Lipinski definition) is 2. The number of piperidine rings is 1. The molecule has 1 aliphatic heterocycles. The number of halogens is 2. The number of amides is 1. The van der Waals surface area contributed by atoms with Crippen molar-refractivity contribution >= 4 is 23.1 Å². The predicted octanol–water partition coefficient (Wildman–Crippen LogP) is 5.01. The van der Waals surface area contributed by atoms with Gasteiger partial charge in [0.15, 0.2) is 0 Å². The van der Waals surface area contributed by atoms with Crippen molar-refractivity contribution in [3.63, 3.8) is 0 Å². The van der Waals surface area contributed by atoms with Crippen LogP contribution in [0.1, 0.15) is 36.5 Å². The van der Waals surface area contributed by atoms with Crippen LogP contribution in [0.25, 0.3) is 16.7 Å². The molecule has 26 heavy (non-hydrogen) atoms. The molecule has 1 aliphatic rings. The number of benzene rings is 2. The molecular weight excluding hydrogens is 351 g/mol. The molecule has 1 saturated heterocycles. The van der Waals surface area contributed by atoms with Crippen LogP contribution >= 0.6 is 11.6 Å². The minimum absolute atomic E-state index is 0.0558. The van der Waals surface area contributed by atoms with E-state index in [9.17, 15) is 14.4 Å². The average Bonchev–Trinajstić information content (AvgIpc) is 2.64. The van der Waals surface area contributed by atoms with E-state index < -0.39 is 5.82 Å². The van der Waals surface area contributed by atoms with E-state index in [1.54, 1.807) is 18.2 Å². The Morgan fingerprint density at radius 2 is 2.08 bits per heavy atom. The molecule has 2 aromatic carbocycles. The van der Waals surface area contributed by atoms with Crippen LogP contribution in [-0.4, -0.2) is 12.5 Å². The van der Waals surface area contributed by atoms with Crippen LogP contribution < -0.4 is 5.32 Å². The zero-order valence-electron chi connectivity index (χ0n) is 14.6. The highest BCUT2D eigenvalue weighted by atomic mass is 35.5. The van der Waals surface area contributed by atoms with Crippen LogP contribution in [0, 0.1) is 24.1 Å². The fourth-order valence-corrected chi connectivity index (χ4v) is 3.46. The van der Waals surface area contributed by atoms with Gasteiger partial charge in [-0.3, -0.25) is 4.79 Å². The van der Waals surface area contributed by atoms with Crippen LogP contribution in [0.4, 0.5) is 4.39 Å². The Morgan fingerprint density at radius 3 is 2.73 bits per heavy atom. The Hall–Kier alpha value is -2.64. The monoisotopic (exact) mass is 368 g/mol. The minimum Gasteiger partial charge on any atom is -0.352 e. The highest BCUT2D eigenvalue weighted by Crippen LogP contribution is 2.34. The number of nitriles is 1. The van der Waals surface area contributed by atoms with Crippen molar-refractivity contribution < 1.29 is 9.18 Å². The van der Waals surface area contributed by atoms with E-state index in [0.29, 0.717) is 24.1 Å². The largest absolute Gasteiger partial charge is 0.352 e. The number of allylic oxidation sites excluding steroid dienone is 1. The summed E-state index contributed by atoms with van der Waals surface area (Å²) >= 11 is 5.79. The van der Waals surface area contributed by atoms with Gasteiger partial charge in [0.25, 0.3) is 0 Å². The second-order valence-corrected chi connectivity index (χ2v) is 6.81. The van der Waals surface area contributed by atoms with Crippen LogP contribution in [0.2, 0.25) is 5.02 Å². The molecule has 0 spiro atoms. The minimum atomic E-state index is -0.505. The van der Waals surface area contributed by atoms with E-state index in [0.717, 1.165) is 34.3 Å². The number of nitrogens with zero attached hydrogens (tertiary/aromatic N) is 1. The number of carbonyl (C=O) groups excluding carboxylic acids is 1. The highest BCUT2D eigenvalue weighted by molar-refractivity contribution is 6.30. The maximum Gasteiger partial charge on any atom is 0.247 e. The van der Waals surface area contributed by atoms with Gasteiger partial charge in [-0.1, -0.05) is 17.7 Å². The Kier molecular flexibility index (Phi) is 5.11. The summed E-state index contributed by atoms with van der Waals surface area (Å²) in [6.45, 7) is 4.50. The molecule has 0 radical (unpaired) electrons. The smallest absolute Gasteiger partial charge is 0.247 e. The van der Waals surface area contributed by atoms with Crippen molar-refractivity contribution in [1.82, 2.24) is 5.32 Å².